The van der Waals surface area contributed by atoms with Crippen molar-refractivity contribution in [3.05, 3.63) is 35.0 Å². The number of hydrogen-bond donors (Lipinski definition) is 1. The molecule has 7 heteroatoms. The van der Waals surface area contributed by atoms with Crippen LogP contribution in [0.3, 0.4) is 0 Å². The second-order valence-corrected chi connectivity index (χ2v) is 6.68. The van der Waals surface area contributed by atoms with Crippen LogP contribution in [0.1, 0.15) is 5.56 Å². The first kappa shape index (κ1) is 12.4. The van der Waals surface area contributed by atoms with Crippen LogP contribution in [-0.4, -0.2) is 24.1 Å². The Morgan fingerprint density at radius 1 is 1.21 bits per heavy atom. The SMILES string of the molecule is Nc1nc(Cl)c2c(n1)-c1ccccc1CCS2(=O)=O. The second kappa shape index (κ2) is 4.18. The van der Waals surface area contributed by atoms with Gasteiger partial charge in [-0.1, -0.05) is 35.9 Å². The Morgan fingerprint density at radius 2 is 1.95 bits per heavy atom. The predicted octanol–water partition coefficient (Wildman–Crippen LogP) is 1.71. The Labute approximate surface area is 115 Å². The molecule has 98 valence electrons. The largest absolute Gasteiger partial charge is 0.368 e. The molecule has 0 amide bonds. The standard InChI is InChI=1S/C12H10ClN3O2S/c13-11-10-9(15-12(14)16-11)8-4-2-1-3-7(8)5-6-19(10,17)18/h1-4H,5-6H2,(H2,14,15,16). The van der Waals surface area contributed by atoms with Gasteiger partial charge < -0.3 is 5.73 Å². The van der Waals surface area contributed by atoms with Gasteiger partial charge in [0.2, 0.25) is 5.95 Å². The van der Waals surface area contributed by atoms with Crippen molar-refractivity contribution < 1.29 is 8.42 Å². The van der Waals surface area contributed by atoms with Crippen LogP contribution in [0.25, 0.3) is 11.3 Å². The lowest BCUT2D eigenvalue weighted by Gasteiger charge is -2.09. The van der Waals surface area contributed by atoms with E-state index in [2.05, 4.69) is 9.97 Å². The van der Waals surface area contributed by atoms with Crippen LogP contribution in [0, 0.1) is 0 Å². The third kappa shape index (κ3) is 1.97. The van der Waals surface area contributed by atoms with Crippen LogP contribution in [0.4, 0.5) is 5.95 Å². The van der Waals surface area contributed by atoms with E-state index in [-0.39, 0.29) is 21.7 Å². The molecule has 0 unspecified atom stereocenters. The minimum atomic E-state index is -3.51. The first-order valence-electron chi connectivity index (χ1n) is 5.63. The fourth-order valence-corrected chi connectivity index (χ4v) is 4.19. The van der Waals surface area contributed by atoms with Crippen molar-refractivity contribution in [1.82, 2.24) is 9.97 Å². The monoisotopic (exact) mass is 295 g/mol. The molecule has 1 aromatic carbocycles. The van der Waals surface area contributed by atoms with Gasteiger partial charge >= 0.3 is 0 Å². The maximum atomic E-state index is 12.3. The smallest absolute Gasteiger partial charge is 0.222 e. The maximum absolute atomic E-state index is 12.3. The summed E-state index contributed by atoms with van der Waals surface area (Å²) in [5, 5.41) is -0.112. The zero-order chi connectivity index (χ0) is 13.6. The molecule has 5 nitrogen and oxygen atoms in total. The molecular weight excluding hydrogens is 286 g/mol. The van der Waals surface area contributed by atoms with Gasteiger partial charge in [0.1, 0.15) is 4.90 Å². The zero-order valence-corrected chi connectivity index (χ0v) is 11.4. The van der Waals surface area contributed by atoms with Gasteiger partial charge in [-0.25, -0.2) is 13.4 Å². The number of rotatable bonds is 0. The van der Waals surface area contributed by atoms with Crippen molar-refractivity contribution in [3.8, 4) is 11.3 Å². The van der Waals surface area contributed by atoms with E-state index in [0.29, 0.717) is 12.1 Å². The summed E-state index contributed by atoms with van der Waals surface area (Å²) >= 11 is 5.96. The fourth-order valence-electron chi connectivity index (χ4n) is 2.21. The number of aryl methyl sites for hydroxylation is 1. The molecule has 1 aliphatic heterocycles. The lowest BCUT2D eigenvalue weighted by atomic mass is 10.0. The van der Waals surface area contributed by atoms with E-state index < -0.39 is 9.84 Å². The predicted molar refractivity (Wildman–Crippen MR) is 72.6 cm³/mol. The molecule has 0 saturated carbocycles. The number of halogens is 1. The average molecular weight is 296 g/mol. The number of fused-ring (bicyclic) bond motifs is 3. The summed E-state index contributed by atoms with van der Waals surface area (Å²) in [4.78, 5) is 7.80. The molecule has 1 aromatic heterocycles. The average Bonchev–Trinajstić information content (AvgIpc) is 2.45. The zero-order valence-electron chi connectivity index (χ0n) is 9.80. The third-order valence-corrected chi connectivity index (χ3v) is 5.20. The number of benzene rings is 1. The molecule has 0 aliphatic carbocycles. The molecule has 19 heavy (non-hydrogen) atoms. The van der Waals surface area contributed by atoms with Gasteiger partial charge in [-0.05, 0) is 12.0 Å². The van der Waals surface area contributed by atoms with Crippen LogP contribution < -0.4 is 5.73 Å². The van der Waals surface area contributed by atoms with Gasteiger partial charge in [-0.15, -0.1) is 0 Å². The highest BCUT2D eigenvalue weighted by Crippen LogP contribution is 2.36. The van der Waals surface area contributed by atoms with Crippen molar-refractivity contribution in [3.63, 3.8) is 0 Å². The molecule has 2 N–H and O–H groups in total. The van der Waals surface area contributed by atoms with E-state index in [1.165, 1.54) is 0 Å². The molecule has 0 atom stereocenters. The van der Waals surface area contributed by atoms with Crippen molar-refractivity contribution in [2.45, 2.75) is 11.3 Å². The normalized spacial score (nSPS) is 16.3. The number of hydrogen-bond acceptors (Lipinski definition) is 5. The summed E-state index contributed by atoms with van der Waals surface area (Å²) < 4.78 is 24.6. The molecule has 2 aromatic rings. The molecular formula is C12H10ClN3O2S. The third-order valence-electron chi connectivity index (χ3n) is 3.07. The van der Waals surface area contributed by atoms with Crippen molar-refractivity contribution >= 4 is 27.4 Å². The maximum Gasteiger partial charge on any atom is 0.222 e. The van der Waals surface area contributed by atoms with E-state index in [4.69, 9.17) is 17.3 Å². The van der Waals surface area contributed by atoms with Gasteiger partial charge in [-0.3, -0.25) is 0 Å². The fraction of sp³-hybridized carbons (Fsp3) is 0.167. The molecule has 0 bridgehead atoms. The van der Waals surface area contributed by atoms with Gasteiger partial charge in [0.05, 0.1) is 11.4 Å². The summed E-state index contributed by atoms with van der Waals surface area (Å²) in [6, 6.07) is 7.39. The number of anilines is 1. The van der Waals surface area contributed by atoms with E-state index in [1.54, 1.807) is 0 Å². The lowest BCUT2D eigenvalue weighted by Crippen LogP contribution is -2.10. The molecule has 0 spiro atoms. The Morgan fingerprint density at radius 3 is 2.74 bits per heavy atom. The van der Waals surface area contributed by atoms with Crippen LogP contribution in [0.15, 0.2) is 29.2 Å². The van der Waals surface area contributed by atoms with Crippen molar-refractivity contribution in [2.75, 3.05) is 11.5 Å². The molecule has 0 radical (unpaired) electrons. The summed E-state index contributed by atoms with van der Waals surface area (Å²) in [6.45, 7) is 0. The first-order chi connectivity index (χ1) is 8.99. The molecule has 0 fully saturated rings. The summed E-state index contributed by atoms with van der Waals surface area (Å²) in [6.07, 6.45) is 0.422. The number of aromatic nitrogens is 2. The molecule has 2 heterocycles. The number of nitrogens with zero attached hydrogens (tertiary/aromatic N) is 2. The molecule has 3 rings (SSSR count). The van der Waals surface area contributed by atoms with Gasteiger partial charge in [0.25, 0.3) is 0 Å². The van der Waals surface area contributed by atoms with Gasteiger partial charge in [0, 0.05) is 5.56 Å². The Kier molecular flexibility index (Phi) is 2.72. The van der Waals surface area contributed by atoms with Crippen molar-refractivity contribution in [2.24, 2.45) is 0 Å². The van der Waals surface area contributed by atoms with Crippen LogP contribution in [0.5, 0.6) is 0 Å². The van der Waals surface area contributed by atoms with Crippen molar-refractivity contribution in [1.29, 1.82) is 0 Å². The summed E-state index contributed by atoms with van der Waals surface area (Å²) in [5.74, 6) is -0.0417. The molecule has 1 aliphatic rings. The second-order valence-electron chi connectivity index (χ2n) is 4.28. The topological polar surface area (TPSA) is 85.9 Å². The minimum Gasteiger partial charge on any atom is -0.368 e. The Hall–Kier alpha value is -1.66. The van der Waals surface area contributed by atoms with E-state index in [1.807, 2.05) is 24.3 Å². The minimum absolute atomic E-state index is 0.00991. The summed E-state index contributed by atoms with van der Waals surface area (Å²) in [7, 11) is -3.51. The van der Waals surface area contributed by atoms with Crippen LogP contribution in [0.2, 0.25) is 5.15 Å². The first-order valence-corrected chi connectivity index (χ1v) is 7.66. The highest BCUT2D eigenvalue weighted by atomic mass is 35.5. The summed E-state index contributed by atoms with van der Waals surface area (Å²) in [5.41, 5.74) is 7.54. The van der Waals surface area contributed by atoms with Gasteiger partial charge in [-0.2, -0.15) is 4.98 Å². The van der Waals surface area contributed by atoms with Gasteiger partial charge in [0.15, 0.2) is 15.0 Å². The molecule has 0 saturated heterocycles. The number of nitrogen functional groups attached to an aromatic ring is 1. The van der Waals surface area contributed by atoms with Crippen LogP contribution >= 0.6 is 11.6 Å². The van der Waals surface area contributed by atoms with E-state index in [0.717, 1.165) is 11.1 Å². The highest BCUT2D eigenvalue weighted by Gasteiger charge is 2.30. The number of nitrogens with two attached hydrogens (primary N) is 1. The van der Waals surface area contributed by atoms with E-state index >= 15 is 0 Å². The Balaban J connectivity index is 2.46. The Bertz CT molecular complexity index is 775. The highest BCUT2D eigenvalue weighted by molar-refractivity contribution is 7.91. The van der Waals surface area contributed by atoms with Crippen LogP contribution in [-0.2, 0) is 16.3 Å². The van der Waals surface area contributed by atoms with E-state index in [9.17, 15) is 8.42 Å². The quantitative estimate of drug-likeness (QED) is 0.748. The lowest BCUT2D eigenvalue weighted by molar-refractivity contribution is 0.595. The number of sulfone groups is 1.